The fourth-order valence-electron chi connectivity index (χ4n) is 2.15. The van der Waals surface area contributed by atoms with E-state index >= 15 is 0 Å². The summed E-state index contributed by atoms with van der Waals surface area (Å²) >= 11 is 0. The van der Waals surface area contributed by atoms with Crippen molar-refractivity contribution in [1.29, 1.82) is 0 Å². The van der Waals surface area contributed by atoms with Crippen molar-refractivity contribution in [1.82, 2.24) is 14.8 Å². The highest BCUT2D eigenvalue weighted by Crippen LogP contribution is 2.38. The molecule has 0 aliphatic heterocycles. The zero-order valence-corrected chi connectivity index (χ0v) is 10.1. The summed E-state index contributed by atoms with van der Waals surface area (Å²) in [7, 11) is 0. The Kier molecular flexibility index (Phi) is 3.59. The van der Waals surface area contributed by atoms with Crippen LogP contribution in [0, 0.1) is 11.8 Å². The fraction of sp³-hybridized carbons (Fsp3) is 0.833. The highest BCUT2D eigenvalue weighted by molar-refractivity contribution is 4.92. The minimum absolute atomic E-state index is 0.271. The molecule has 1 fully saturated rings. The van der Waals surface area contributed by atoms with Crippen molar-refractivity contribution in [2.45, 2.75) is 52.2 Å². The van der Waals surface area contributed by atoms with Gasteiger partial charge in [0.25, 0.3) is 0 Å². The second-order valence-corrected chi connectivity index (χ2v) is 4.87. The second-order valence-electron chi connectivity index (χ2n) is 4.87. The van der Waals surface area contributed by atoms with Gasteiger partial charge < -0.3 is 5.11 Å². The molecular formula is C12H21N3O. The molecule has 1 aromatic heterocycles. The van der Waals surface area contributed by atoms with Gasteiger partial charge in [0.1, 0.15) is 12.2 Å². The van der Waals surface area contributed by atoms with Gasteiger partial charge in [0.2, 0.25) is 0 Å². The average Bonchev–Trinajstić information content (AvgIpc) is 3.03. The molecule has 0 aromatic carbocycles. The Bertz CT molecular complexity index is 333. The number of hydrogen-bond acceptors (Lipinski definition) is 3. The number of aliphatic hydroxyl groups is 1. The third-order valence-corrected chi connectivity index (χ3v) is 3.50. The van der Waals surface area contributed by atoms with Crippen LogP contribution < -0.4 is 0 Å². The summed E-state index contributed by atoms with van der Waals surface area (Å²) in [6.07, 6.45) is 5.55. The summed E-state index contributed by atoms with van der Waals surface area (Å²) in [5.74, 6) is 2.05. The van der Waals surface area contributed by atoms with Crippen LogP contribution in [0.5, 0.6) is 0 Å². The van der Waals surface area contributed by atoms with E-state index in [1.165, 1.54) is 12.8 Å². The van der Waals surface area contributed by atoms with Crippen LogP contribution in [-0.2, 0) is 13.0 Å². The largest absolute Gasteiger partial charge is 0.392 e. The van der Waals surface area contributed by atoms with Crippen LogP contribution in [0.3, 0.4) is 0 Å². The van der Waals surface area contributed by atoms with Crippen LogP contribution in [0.4, 0.5) is 0 Å². The second kappa shape index (κ2) is 4.95. The van der Waals surface area contributed by atoms with Gasteiger partial charge >= 0.3 is 0 Å². The first-order valence-electron chi connectivity index (χ1n) is 6.27. The Balaban J connectivity index is 1.93. The van der Waals surface area contributed by atoms with Crippen LogP contribution in [0.15, 0.2) is 6.33 Å². The van der Waals surface area contributed by atoms with Gasteiger partial charge in [0.05, 0.1) is 6.10 Å². The molecular weight excluding hydrogens is 202 g/mol. The van der Waals surface area contributed by atoms with Crippen molar-refractivity contribution in [2.75, 3.05) is 0 Å². The molecule has 0 spiro atoms. The van der Waals surface area contributed by atoms with E-state index in [1.807, 2.05) is 4.68 Å². The first-order valence-corrected chi connectivity index (χ1v) is 6.27. The van der Waals surface area contributed by atoms with Gasteiger partial charge in [-0.3, -0.25) is 4.68 Å². The molecule has 2 unspecified atom stereocenters. The molecule has 0 radical (unpaired) electrons. The Hall–Kier alpha value is -0.900. The maximum absolute atomic E-state index is 10.1. The van der Waals surface area contributed by atoms with Gasteiger partial charge in [0, 0.05) is 13.0 Å². The lowest BCUT2D eigenvalue weighted by Gasteiger charge is -2.17. The van der Waals surface area contributed by atoms with Gasteiger partial charge in [-0.1, -0.05) is 13.8 Å². The summed E-state index contributed by atoms with van der Waals surface area (Å²) in [5, 5.41) is 14.3. The van der Waals surface area contributed by atoms with E-state index in [4.69, 9.17) is 0 Å². The van der Waals surface area contributed by atoms with E-state index in [1.54, 1.807) is 6.33 Å². The highest BCUT2D eigenvalue weighted by Gasteiger charge is 2.32. The van der Waals surface area contributed by atoms with Gasteiger partial charge in [-0.15, -0.1) is 0 Å². The highest BCUT2D eigenvalue weighted by atomic mass is 16.3. The molecule has 4 heteroatoms. The lowest BCUT2D eigenvalue weighted by molar-refractivity contribution is 0.102. The van der Waals surface area contributed by atoms with Crippen LogP contribution >= 0.6 is 0 Å². The Morgan fingerprint density at radius 3 is 2.94 bits per heavy atom. The first-order chi connectivity index (χ1) is 7.72. The van der Waals surface area contributed by atoms with Gasteiger partial charge in [-0.05, 0) is 31.1 Å². The topological polar surface area (TPSA) is 50.9 Å². The van der Waals surface area contributed by atoms with E-state index in [0.717, 1.165) is 24.7 Å². The summed E-state index contributed by atoms with van der Waals surface area (Å²) in [5.41, 5.74) is 0. The van der Waals surface area contributed by atoms with Crippen molar-refractivity contribution in [3.05, 3.63) is 12.2 Å². The molecule has 2 atom stereocenters. The maximum atomic E-state index is 10.1. The normalized spacial score (nSPS) is 19.7. The standard InChI is InChI=1S/C12H21N3O/c1-3-6-15-12(13-8-14-15)7-11(16)9(2)10-4-5-10/h8-11,16H,3-7H2,1-2H3. The lowest BCUT2D eigenvalue weighted by Crippen LogP contribution is -2.24. The molecule has 1 aliphatic rings. The van der Waals surface area contributed by atoms with Gasteiger partial charge in [-0.25, -0.2) is 4.98 Å². The third kappa shape index (κ3) is 2.61. The minimum atomic E-state index is -0.271. The van der Waals surface area contributed by atoms with Gasteiger partial charge in [0.15, 0.2) is 0 Å². The molecule has 0 bridgehead atoms. The number of hydrogen-bond donors (Lipinski definition) is 1. The first kappa shape index (κ1) is 11.6. The summed E-state index contributed by atoms with van der Waals surface area (Å²) < 4.78 is 1.91. The van der Waals surface area contributed by atoms with Crippen LogP contribution in [0.25, 0.3) is 0 Å². The van der Waals surface area contributed by atoms with E-state index < -0.39 is 0 Å². The summed E-state index contributed by atoms with van der Waals surface area (Å²) in [6, 6.07) is 0. The summed E-state index contributed by atoms with van der Waals surface area (Å²) in [4.78, 5) is 4.23. The molecule has 16 heavy (non-hydrogen) atoms. The maximum Gasteiger partial charge on any atom is 0.138 e. The molecule has 1 aromatic rings. The van der Waals surface area contributed by atoms with Crippen molar-refractivity contribution in [3.63, 3.8) is 0 Å². The zero-order valence-electron chi connectivity index (χ0n) is 10.1. The number of aliphatic hydroxyl groups excluding tert-OH is 1. The minimum Gasteiger partial charge on any atom is -0.392 e. The van der Waals surface area contributed by atoms with Gasteiger partial charge in [-0.2, -0.15) is 5.10 Å². The van der Waals surface area contributed by atoms with E-state index in [-0.39, 0.29) is 6.10 Å². The van der Waals surface area contributed by atoms with E-state index in [9.17, 15) is 5.11 Å². The average molecular weight is 223 g/mol. The number of nitrogens with zero attached hydrogens (tertiary/aromatic N) is 3. The molecule has 1 N–H and O–H groups in total. The molecule has 0 amide bonds. The number of rotatable bonds is 6. The molecule has 1 aliphatic carbocycles. The Labute approximate surface area is 96.7 Å². The predicted octanol–water partition coefficient (Wildman–Crippen LogP) is 1.64. The Morgan fingerprint density at radius 2 is 2.31 bits per heavy atom. The molecule has 1 heterocycles. The molecule has 0 saturated heterocycles. The van der Waals surface area contributed by atoms with Crippen LogP contribution in [0.2, 0.25) is 0 Å². The monoisotopic (exact) mass is 223 g/mol. The van der Waals surface area contributed by atoms with Crippen molar-refractivity contribution < 1.29 is 5.11 Å². The van der Waals surface area contributed by atoms with E-state index in [0.29, 0.717) is 12.3 Å². The van der Waals surface area contributed by atoms with Crippen LogP contribution in [-0.4, -0.2) is 26.0 Å². The Morgan fingerprint density at radius 1 is 1.56 bits per heavy atom. The zero-order chi connectivity index (χ0) is 11.5. The fourth-order valence-corrected chi connectivity index (χ4v) is 2.15. The molecule has 90 valence electrons. The number of aryl methyl sites for hydroxylation is 1. The van der Waals surface area contributed by atoms with Crippen LogP contribution in [0.1, 0.15) is 38.9 Å². The molecule has 4 nitrogen and oxygen atoms in total. The molecule has 1 saturated carbocycles. The smallest absolute Gasteiger partial charge is 0.138 e. The third-order valence-electron chi connectivity index (χ3n) is 3.50. The predicted molar refractivity (Wildman–Crippen MR) is 61.9 cm³/mol. The lowest BCUT2D eigenvalue weighted by atomic mass is 9.96. The van der Waals surface area contributed by atoms with Crippen molar-refractivity contribution in [2.24, 2.45) is 11.8 Å². The quantitative estimate of drug-likeness (QED) is 0.797. The molecule has 2 rings (SSSR count). The summed E-state index contributed by atoms with van der Waals surface area (Å²) in [6.45, 7) is 5.15. The van der Waals surface area contributed by atoms with Crippen molar-refractivity contribution >= 4 is 0 Å². The number of aromatic nitrogens is 3. The van der Waals surface area contributed by atoms with E-state index in [2.05, 4.69) is 23.9 Å². The SMILES string of the molecule is CCCn1ncnc1CC(O)C(C)C1CC1. The van der Waals surface area contributed by atoms with Crippen molar-refractivity contribution in [3.8, 4) is 0 Å².